The summed E-state index contributed by atoms with van der Waals surface area (Å²) in [5.74, 6) is 0.288. The van der Waals surface area contributed by atoms with Crippen LogP contribution in [0.5, 0.6) is 0 Å². The lowest BCUT2D eigenvalue weighted by Gasteiger charge is -2.06. The van der Waals surface area contributed by atoms with Gasteiger partial charge in [-0.25, -0.2) is 4.68 Å². The minimum Gasteiger partial charge on any atom is -0.411 e. The number of nitrogens with zero attached hydrogens (tertiary/aromatic N) is 6. The maximum Gasteiger partial charge on any atom is 0.277 e. The molecule has 0 saturated carbocycles. The number of benzene rings is 2. The lowest BCUT2D eigenvalue weighted by Crippen LogP contribution is -2.14. The van der Waals surface area contributed by atoms with Gasteiger partial charge in [0, 0.05) is 16.3 Å². The molecule has 0 radical (unpaired) electrons. The molecule has 0 aliphatic heterocycles. The third-order valence-electron chi connectivity index (χ3n) is 3.57. The Hall–Kier alpha value is -3.24. The number of halogens is 1. The highest BCUT2D eigenvalue weighted by Crippen LogP contribution is 2.24. The predicted octanol–water partition coefficient (Wildman–Crippen LogP) is 3.10. The van der Waals surface area contributed by atoms with Crippen LogP contribution in [0.3, 0.4) is 0 Å². The van der Waals surface area contributed by atoms with Crippen LogP contribution in [0.15, 0.2) is 64.5 Å². The van der Waals surface area contributed by atoms with Crippen LogP contribution in [0.25, 0.3) is 17.1 Å². The summed E-state index contributed by atoms with van der Waals surface area (Å²) in [6, 6.07) is 14.2. The van der Waals surface area contributed by atoms with Crippen molar-refractivity contribution in [1.29, 1.82) is 0 Å². The monoisotopic (exact) mass is 413 g/mol. The molecule has 0 unspecified atom stereocenters. The molecule has 0 aliphatic rings. The van der Waals surface area contributed by atoms with E-state index in [9.17, 15) is 4.79 Å². The van der Waals surface area contributed by atoms with Gasteiger partial charge in [-0.1, -0.05) is 29.4 Å². The number of carbonyl (C=O) groups excluding carboxylic acids is 1. The van der Waals surface area contributed by atoms with Crippen molar-refractivity contribution >= 4 is 35.0 Å². The van der Waals surface area contributed by atoms with Gasteiger partial charge in [-0.15, -0.1) is 15.3 Å². The average Bonchev–Trinajstić information content (AvgIpc) is 3.40. The number of nitrogens with one attached hydrogen (secondary N) is 1. The number of rotatable bonds is 6. The molecular weight excluding hydrogens is 402 g/mol. The Bertz CT molecular complexity index is 1080. The van der Waals surface area contributed by atoms with Crippen molar-refractivity contribution in [2.45, 2.75) is 5.22 Å². The van der Waals surface area contributed by atoms with E-state index in [0.717, 1.165) is 23.0 Å². The lowest BCUT2D eigenvalue weighted by atomic mass is 10.2. The Morgan fingerprint density at radius 1 is 1.18 bits per heavy atom. The van der Waals surface area contributed by atoms with Gasteiger partial charge in [0.25, 0.3) is 5.22 Å². The summed E-state index contributed by atoms with van der Waals surface area (Å²) < 4.78 is 7.07. The first-order valence-corrected chi connectivity index (χ1v) is 9.39. The average molecular weight is 414 g/mol. The highest BCUT2D eigenvalue weighted by Gasteiger charge is 2.12. The van der Waals surface area contributed by atoms with Crippen molar-refractivity contribution in [2.24, 2.45) is 0 Å². The summed E-state index contributed by atoms with van der Waals surface area (Å²) in [7, 11) is 0. The van der Waals surface area contributed by atoms with E-state index in [1.807, 2.05) is 6.07 Å². The van der Waals surface area contributed by atoms with Crippen LogP contribution in [0.4, 0.5) is 5.69 Å². The van der Waals surface area contributed by atoms with E-state index >= 15 is 0 Å². The maximum absolute atomic E-state index is 12.2. The predicted molar refractivity (Wildman–Crippen MR) is 103 cm³/mol. The third kappa shape index (κ3) is 4.35. The largest absolute Gasteiger partial charge is 0.411 e. The number of hydrogen-bond acceptors (Lipinski definition) is 8. The highest BCUT2D eigenvalue weighted by atomic mass is 35.5. The zero-order chi connectivity index (χ0) is 19.3. The van der Waals surface area contributed by atoms with Crippen molar-refractivity contribution in [2.75, 3.05) is 11.1 Å². The molecule has 0 spiro atoms. The molecule has 2 aromatic heterocycles. The summed E-state index contributed by atoms with van der Waals surface area (Å²) in [5.41, 5.74) is 2.12. The second kappa shape index (κ2) is 8.19. The molecule has 9 nitrogen and oxygen atoms in total. The SMILES string of the molecule is O=C(CSc1nnc(-c2ccc(Cl)cc2)o1)Nc1cccc(-n2cnnn2)c1. The fourth-order valence-corrected chi connectivity index (χ4v) is 3.00. The zero-order valence-electron chi connectivity index (χ0n) is 14.2. The van der Waals surface area contributed by atoms with Crippen LogP contribution < -0.4 is 5.32 Å². The van der Waals surface area contributed by atoms with Gasteiger partial charge in [0.2, 0.25) is 11.8 Å². The number of hydrogen-bond donors (Lipinski definition) is 1. The number of amides is 1. The molecule has 11 heteroatoms. The summed E-state index contributed by atoms with van der Waals surface area (Å²) >= 11 is 7.02. The van der Waals surface area contributed by atoms with Gasteiger partial charge in [-0.3, -0.25) is 4.79 Å². The molecular formula is C17H12ClN7O2S. The molecule has 2 aromatic carbocycles. The summed E-state index contributed by atoms with van der Waals surface area (Å²) in [6.07, 6.45) is 1.48. The molecule has 4 rings (SSSR count). The Kier molecular flexibility index (Phi) is 5.31. The van der Waals surface area contributed by atoms with Crippen LogP contribution >= 0.6 is 23.4 Å². The molecule has 0 aliphatic carbocycles. The number of anilines is 1. The van der Waals surface area contributed by atoms with Crippen molar-refractivity contribution < 1.29 is 9.21 Å². The Morgan fingerprint density at radius 3 is 2.82 bits per heavy atom. The molecule has 28 heavy (non-hydrogen) atoms. The van der Waals surface area contributed by atoms with E-state index < -0.39 is 0 Å². The van der Waals surface area contributed by atoms with Crippen LogP contribution in [0, 0.1) is 0 Å². The Morgan fingerprint density at radius 2 is 2.04 bits per heavy atom. The number of aromatic nitrogens is 6. The number of thioether (sulfide) groups is 1. The van der Waals surface area contributed by atoms with E-state index in [2.05, 4.69) is 31.0 Å². The Labute approximate surface area is 168 Å². The van der Waals surface area contributed by atoms with Gasteiger partial charge in [0.15, 0.2) is 0 Å². The van der Waals surface area contributed by atoms with Crippen LogP contribution in [-0.4, -0.2) is 42.1 Å². The summed E-state index contributed by atoms with van der Waals surface area (Å²) in [4.78, 5) is 12.2. The van der Waals surface area contributed by atoms with Crippen LogP contribution in [0.1, 0.15) is 0 Å². The molecule has 4 aromatic rings. The summed E-state index contributed by atoms with van der Waals surface area (Å²) in [6.45, 7) is 0. The Balaban J connectivity index is 1.35. The number of tetrazole rings is 1. The molecule has 0 saturated heterocycles. The minimum atomic E-state index is -0.204. The van der Waals surface area contributed by atoms with Crippen molar-refractivity contribution in [3.05, 3.63) is 59.9 Å². The second-order valence-electron chi connectivity index (χ2n) is 5.52. The van der Waals surface area contributed by atoms with Crippen LogP contribution in [0.2, 0.25) is 5.02 Å². The van der Waals surface area contributed by atoms with Gasteiger partial charge < -0.3 is 9.73 Å². The van der Waals surface area contributed by atoms with Gasteiger partial charge >= 0.3 is 0 Å². The summed E-state index contributed by atoms with van der Waals surface area (Å²) in [5, 5.41) is 22.7. The van der Waals surface area contributed by atoms with E-state index in [0.29, 0.717) is 21.8 Å². The number of carbonyl (C=O) groups is 1. The molecule has 2 heterocycles. The van der Waals surface area contributed by atoms with Crippen LogP contribution in [-0.2, 0) is 4.79 Å². The van der Waals surface area contributed by atoms with Gasteiger partial charge in [-0.2, -0.15) is 0 Å². The van der Waals surface area contributed by atoms with Crippen molar-refractivity contribution in [3.8, 4) is 17.1 Å². The fourth-order valence-electron chi connectivity index (χ4n) is 2.31. The van der Waals surface area contributed by atoms with E-state index in [-0.39, 0.29) is 11.7 Å². The molecule has 1 N–H and O–H groups in total. The maximum atomic E-state index is 12.2. The quantitative estimate of drug-likeness (QED) is 0.480. The first kappa shape index (κ1) is 18.1. The van der Waals surface area contributed by atoms with E-state index in [1.54, 1.807) is 42.5 Å². The first-order valence-electron chi connectivity index (χ1n) is 8.03. The fraction of sp³-hybridized carbons (Fsp3) is 0.0588. The van der Waals surface area contributed by atoms with Crippen molar-refractivity contribution in [3.63, 3.8) is 0 Å². The first-order chi connectivity index (χ1) is 13.7. The lowest BCUT2D eigenvalue weighted by molar-refractivity contribution is -0.113. The second-order valence-corrected chi connectivity index (χ2v) is 6.88. The van der Waals surface area contributed by atoms with E-state index in [4.69, 9.17) is 16.0 Å². The molecule has 0 fully saturated rings. The molecule has 0 bridgehead atoms. The smallest absolute Gasteiger partial charge is 0.277 e. The minimum absolute atomic E-state index is 0.122. The molecule has 1 amide bonds. The standard InChI is InChI=1S/C17H12ClN7O2S/c18-12-6-4-11(5-7-12)16-21-22-17(27-16)28-9-15(26)20-13-2-1-3-14(8-13)25-10-19-23-24-25/h1-8,10H,9H2,(H,20,26). The molecule has 140 valence electrons. The van der Waals surface area contributed by atoms with Crippen molar-refractivity contribution in [1.82, 2.24) is 30.4 Å². The van der Waals surface area contributed by atoms with Gasteiger partial charge in [-0.05, 0) is 52.9 Å². The zero-order valence-corrected chi connectivity index (χ0v) is 15.8. The third-order valence-corrected chi connectivity index (χ3v) is 4.64. The highest BCUT2D eigenvalue weighted by molar-refractivity contribution is 7.99. The van der Waals surface area contributed by atoms with E-state index in [1.165, 1.54) is 11.0 Å². The molecule has 0 atom stereocenters. The normalized spacial score (nSPS) is 10.8. The topological polar surface area (TPSA) is 112 Å². The van der Waals surface area contributed by atoms with Gasteiger partial charge in [0.1, 0.15) is 6.33 Å². The van der Waals surface area contributed by atoms with Gasteiger partial charge in [0.05, 0.1) is 11.4 Å².